The molecule has 0 spiro atoms. The molecule has 0 atom stereocenters. The van der Waals surface area contributed by atoms with Crippen LogP contribution >= 0.6 is 31.9 Å². The van der Waals surface area contributed by atoms with E-state index in [1.165, 1.54) is 0 Å². The van der Waals surface area contributed by atoms with Gasteiger partial charge in [-0.3, -0.25) is 4.79 Å². The maximum absolute atomic E-state index is 12.4. The van der Waals surface area contributed by atoms with Crippen LogP contribution in [-0.4, -0.2) is 10.9 Å². The average Bonchev–Trinajstić information content (AvgIpc) is 2.44. The number of hydrogen-bond donors (Lipinski definition) is 3. The van der Waals surface area contributed by atoms with Gasteiger partial charge in [-0.1, -0.05) is 15.9 Å². The van der Waals surface area contributed by atoms with E-state index in [0.29, 0.717) is 15.9 Å². The lowest BCUT2D eigenvalue weighted by molar-refractivity contribution is 0.102. The lowest BCUT2D eigenvalue weighted by Gasteiger charge is -2.11. The van der Waals surface area contributed by atoms with Gasteiger partial charge in [0, 0.05) is 20.8 Å². The molecule has 1 heterocycles. The number of nitrogen functional groups attached to an aromatic ring is 1. The number of amides is 1. The number of halogens is 2. The van der Waals surface area contributed by atoms with Gasteiger partial charge in [-0.2, -0.15) is 0 Å². The van der Waals surface area contributed by atoms with Crippen LogP contribution in [-0.2, 0) is 0 Å². The molecule has 0 bridgehead atoms. The van der Waals surface area contributed by atoms with Gasteiger partial charge in [-0.25, -0.2) is 10.8 Å². The molecular weight excluding hydrogens is 400 g/mol. The Bertz CT molecular complexity index is 680. The molecule has 21 heavy (non-hydrogen) atoms. The lowest BCUT2D eigenvalue weighted by Crippen LogP contribution is -2.18. The Hall–Kier alpha value is -1.44. The number of nitrogens with two attached hydrogens (primary N) is 1. The van der Waals surface area contributed by atoms with Crippen LogP contribution in [0.15, 0.2) is 33.3 Å². The Morgan fingerprint density at radius 3 is 2.38 bits per heavy atom. The smallest absolute Gasteiger partial charge is 0.259 e. The van der Waals surface area contributed by atoms with Crippen LogP contribution in [0.4, 0.5) is 11.5 Å². The maximum atomic E-state index is 12.4. The third-order valence-corrected chi connectivity index (χ3v) is 4.61. The molecule has 0 aliphatic heterocycles. The molecule has 1 aromatic carbocycles. The van der Waals surface area contributed by atoms with E-state index in [0.717, 1.165) is 21.3 Å². The minimum atomic E-state index is -0.280. The zero-order chi connectivity index (χ0) is 15.6. The molecule has 0 saturated heterocycles. The maximum Gasteiger partial charge on any atom is 0.259 e. The van der Waals surface area contributed by atoms with Crippen molar-refractivity contribution in [3.63, 3.8) is 0 Å². The molecule has 2 rings (SSSR count). The summed E-state index contributed by atoms with van der Waals surface area (Å²) in [4.78, 5) is 16.4. The molecule has 1 aromatic heterocycles. The van der Waals surface area contributed by atoms with Crippen molar-refractivity contribution in [2.45, 2.75) is 13.8 Å². The largest absolute Gasteiger partial charge is 0.322 e. The minimum absolute atomic E-state index is 0.280. The topological polar surface area (TPSA) is 80.0 Å². The van der Waals surface area contributed by atoms with Gasteiger partial charge in [0.25, 0.3) is 5.91 Å². The zero-order valence-electron chi connectivity index (χ0n) is 11.5. The first kappa shape index (κ1) is 15.9. The van der Waals surface area contributed by atoms with Gasteiger partial charge in [-0.15, -0.1) is 0 Å². The highest BCUT2D eigenvalue weighted by Crippen LogP contribution is 2.26. The number of carbonyl (C=O) groups excluding carboxylic acids is 1. The Balaban J connectivity index is 2.32. The van der Waals surface area contributed by atoms with Crippen LogP contribution in [0.25, 0.3) is 0 Å². The van der Waals surface area contributed by atoms with E-state index in [-0.39, 0.29) is 5.91 Å². The quantitative estimate of drug-likeness (QED) is 0.528. The molecular formula is C14H14Br2N4O. The Labute approximate surface area is 139 Å². The van der Waals surface area contributed by atoms with Gasteiger partial charge >= 0.3 is 0 Å². The predicted molar refractivity (Wildman–Crippen MR) is 91.3 cm³/mol. The summed E-state index contributed by atoms with van der Waals surface area (Å²) in [6.45, 7) is 3.94. The van der Waals surface area contributed by atoms with E-state index in [2.05, 4.69) is 47.6 Å². The van der Waals surface area contributed by atoms with Crippen molar-refractivity contribution in [2.75, 3.05) is 10.7 Å². The first-order valence-corrected chi connectivity index (χ1v) is 7.71. The first-order valence-electron chi connectivity index (χ1n) is 6.12. The summed E-state index contributed by atoms with van der Waals surface area (Å²) in [5.41, 5.74) is 5.61. The number of aryl methyl sites for hydroxylation is 2. The second kappa shape index (κ2) is 6.55. The summed E-state index contributed by atoms with van der Waals surface area (Å²) in [5.74, 6) is 5.43. The number of hydrogen-bond acceptors (Lipinski definition) is 4. The molecule has 4 N–H and O–H groups in total. The molecule has 0 aliphatic carbocycles. The number of benzene rings is 1. The van der Waals surface area contributed by atoms with E-state index >= 15 is 0 Å². The second-order valence-corrected chi connectivity index (χ2v) is 6.28. The molecule has 2 aromatic rings. The molecule has 1 amide bonds. The van der Waals surface area contributed by atoms with E-state index in [1.54, 1.807) is 12.3 Å². The van der Waals surface area contributed by atoms with Crippen LogP contribution in [0.5, 0.6) is 0 Å². The van der Waals surface area contributed by atoms with Crippen LogP contribution in [0, 0.1) is 13.8 Å². The normalized spacial score (nSPS) is 10.3. The van der Waals surface area contributed by atoms with Gasteiger partial charge in [0.1, 0.15) is 0 Å². The Morgan fingerprint density at radius 2 is 1.81 bits per heavy atom. The van der Waals surface area contributed by atoms with Crippen molar-refractivity contribution >= 4 is 49.3 Å². The number of rotatable bonds is 3. The van der Waals surface area contributed by atoms with Gasteiger partial charge in [0.05, 0.1) is 5.56 Å². The molecule has 0 saturated carbocycles. The number of nitrogens with one attached hydrogen (secondary N) is 2. The van der Waals surface area contributed by atoms with E-state index in [9.17, 15) is 4.79 Å². The number of nitrogens with zero attached hydrogens (tertiary/aromatic N) is 1. The van der Waals surface area contributed by atoms with E-state index in [1.807, 2.05) is 26.0 Å². The van der Waals surface area contributed by atoms with Crippen molar-refractivity contribution in [3.05, 3.63) is 50.0 Å². The molecule has 0 radical (unpaired) electrons. The number of hydrazine groups is 1. The summed E-state index contributed by atoms with van der Waals surface area (Å²) in [7, 11) is 0. The Morgan fingerprint density at radius 1 is 1.19 bits per heavy atom. The standard InChI is InChI=1S/C14H14Br2N4O/c1-7-3-10(4-8(2)12(7)16)19-14(21)11-5-9(15)6-18-13(11)20-17/h3-6H,17H2,1-2H3,(H,18,20)(H,19,21). The van der Waals surface area contributed by atoms with Crippen molar-refractivity contribution in [2.24, 2.45) is 5.84 Å². The second-order valence-electron chi connectivity index (χ2n) is 4.57. The molecule has 7 heteroatoms. The van der Waals surface area contributed by atoms with Crippen LogP contribution in [0.3, 0.4) is 0 Å². The van der Waals surface area contributed by atoms with Crippen LogP contribution in [0.2, 0.25) is 0 Å². The highest BCUT2D eigenvalue weighted by molar-refractivity contribution is 9.10. The van der Waals surface area contributed by atoms with Gasteiger partial charge in [0.15, 0.2) is 5.82 Å². The van der Waals surface area contributed by atoms with E-state index < -0.39 is 0 Å². The predicted octanol–water partition coefficient (Wildman–Crippen LogP) is 3.76. The van der Waals surface area contributed by atoms with Gasteiger partial charge in [-0.05, 0) is 59.1 Å². The first-order chi connectivity index (χ1) is 9.92. The lowest BCUT2D eigenvalue weighted by atomic mass is 10.1. The Kier molecular flexibility index (Phi) is 4.97. The summed E-state index contributed by atoms with van der Waals surface area (Å²) in [6, 6.07) is 5.46. The van der Waals surface area contributed by atoms with Gasteiger partial charge in [0.2, 0.25) is 0 Å². The SMILES string of the molecule is Cc1cc(NC(=O)c2cc(Br)cnc2NN)cc(C)c1Br. The van der Waals surface area contributed by atoms with Crippen LogP contribution in [0.1, 0.15) is 21.5 Å². The van der Waals surface area contributed by atoms with Crippen molar-refractivity contribution in [3.8, 4) is 0 Å². The zero-order valence-corrected chi connectivity index (χ0v) is 14.7. The van der Waals surface area contributed by atoms with Crippen molar-refractivity contribution in [1.29, 1.82) is 0 Å². The summed E-state index contributed by atoms with van der Waals surface area (Å²) >= 11 is 6.80. The van der Waals surface area contributed by atoms with Crippen molar-refractivity contribution < 1.29 is 4.79 Å². The van der Waals surface area contributed by atoms with Crippen LogP contribution < -0.4 is 16.6 Å². The highest BCUT2D eigenvalue weighted by Gasteiger charge is 2.14. The number of aromatic nitrogens is 1. The fraction of sp³-hybridized carbons (Fsp3) is 0.143. The fourth-order valence-corrected chi connectivity index (χ4v) is 2.50. The third-order valence-electron chi connectivity index (χ3n) is 2.93. The summed E-state index contributed by atoms with van der Waals surface area (Å²) < 4.78 is 1.74. The molecule has 0 unspecified atom stereocenters. The number of pyridine rings is 1. The monoisotopic (exact) mass is 412 g/mol. The minimum Gasteiger partial charge on any atom is -0.322 e. The number of anilines is 2. The highest BCUT2D eigenvalue weighted by atomic mass is 79.9. The van der Waals surface area contributed by atoms with Gasteiger partial charge < -0.3 is 10.7 Å². The number of carbonyl (C=O) groups is 1. The summed E-state index contributed by atoms with van der Waals surface area (Å²) in [6.07, 6.45) is 1.57. The average molecular weight is 414 g/mol. The summed E-state index contributed by atoms with van der Waals surface area (Å²) in [5, 5.41) is 2.85. The molecule has 5 nitrogen and oxygen atoms in total. The van der Waals surface area contributed by atoms with Crippen molar-refractivity contribution in [1.82, 2.24) is 4.98 Å². The molecule has 110 valence electrons. The fourth-order valence-electron chi connectivity index (χ4n) is 1.94. The third kappa shape index (κ3) is 3.61. The molecule has 0 fully saturated rings. The molecule has 0 aliphatic rings. The van der Waals surface area contributed by atoms with E-state index in [4.69, 9.17) is 5.84 Å².